The first-order valence-electron chi connectivity index (χ1n) is 12.7. The molecule has 0 N–H and O–H groups in total. The van der Waals surface area contributed by atoms with Crippen molar-refractivity contribution in [1.82, 2.24) is 0 Å². The Morgan fingerprint density at radius 1 is 0.655 bits per heavy atom. The topological polar surface area (TPSA) is 18.5 Å². The Morgan fingerprint density at radius 3 is 1.93 bits per heavy atom. The molecule has 0 aliphatic heterocycles. The highest BCUT2D eigenvalue weighted by Gasteiger charge is 2.60. The van der Waals surface area contributed by atoms with E-state index < -0.39 is 16.6 Å². The van der Waals surface area contributed by atoms with Crippen molar-refractivity contribution in [2.24, 2.45) is 34.5 Å². The number of hydrogen-bond acceptors (Lipinski definition) is 2. The van der Waals surface area contributed by atoms with Gasteiger partial charge >= 0.3 is 0 Å². The molecule has 8 atom stereocenters. The first-order chi connectivity index (χ1) is 13.3. The van der Waals surface area contributed by atoms with Crippen LogP contribution in [0.4, 0.5) is 0 Å². The zero-order valence-electron chi connectivity index (χ0n) is 20.6. The molecule has 4 saturated carbocycles. The van der Waals surface area contributed by atoms with Crippen LogP contribution in [-0.2, 0) is 8.85 Å². The second-order valence-electron chi connectivity index (χ2n) is 13.6. The molecule has 0 aromatic carbocycles. The molecular weight excluding hydrogens is 388 g/mol. The molecule has 4 unspecified atom stereocenters. The van der Waals surface area contributed by atoms with Crippen LogP contribution in [0.3, 0.4) is 0 Å². The van der Waals surface area contributed by atoms with Crippen LogP contribution in [0.2, 0.25) is 39.3 Å². The first kappa shape index (κ1) is 22.5. The minimum absolute atomic E-state index is 0.447. The van der Waals surface area contributed by atoms with Gasteiger partial charge in [-0.1, -0.05) is 13.8 Å². The molecule has 0 aromatic heterocycles. The molecule has 4 aliphatic rings. The third-order valence-electron chi connectivity index (χ3n) is 9.55. The highest BCUT2D eigenvalue weighted by molar-refractivity contribution is 6.70. The lowest BCUT2D eigenvalue weighted by molar-refractivity contribution is -0.130. The molecule has 0 heterocycles. The molecule has 0 bridgehead atoms. The van der Waals surface area contributed by atoms with Crippen molar-refractivity contribution in [1.29, 1.82) is 0 Å². The third-order valence-corrected chi connectivity index (χ3v) is 11.6. The Kier molecular flexibility index (Phi) is 5.79. The SMILES string of the molecule is C[C@]12CCC3C(CC[C@H]4C[C@H](O[Si](C)(C)C)CC[C@]34C)C1CCC2O[Si](C)(C)C. The molecule has 168 valence electrons. The van der Waals surface area contributed by atoms with Crippen LogP contribution >= 0.6 is 0 Å². The first-order valence-corrected chi connectivity index (χ1v) is 19.5. The van der Waals surface area contributed by atoms with Gasteiger partial charge in [-0.2, -0.15) is 0 Å². The highest BCUT2D eigenvalue weighted by atomic mass is 28.4. The Balaban J connectivity index is 1.49. The molecule has 0 aromatic rings. The quantitative estimate of drug-likeness (QED) is 0.425. The van der Waals surface area contributed by atoms with E-state index in [9.17, 15) is 0 Å². The van der Waals surface area contributed by atoms with Gasteiger partial charge in [-0.25, -0.2) is 0 Å². The van der Waals surface area contributed by atoms with Crippen molar-refractivity contribution in [2.45, 2.75) is 123 Å². The monoisotopic (exact) mass is 436 g/mol. The van der Waals surface area contributed by atoms with Gasteiger partial charge in [-0.15, -0.1) is 0 Å². The third kappa shape index (κ3) is 4.21. The molecule has 4 rings (SSSR count). The largest absolute Gasteiger partial charge is 0.415 e. The number of fused-ring (bicyclic) bond motifs is 5. The lowest BCUT2D eigenvalue weighted by Gasteiger charge is -2.61. The standard InChI is InChI=1S/C25H48O2Si2/c1-24-15-13-19(26-28(3,4)5)17-18(24)9-10-20-21-11-12-23(27-29(6,7)8)25(21,2)16-14-22(20)24/h18-23H,9-17H2,1-8H3/t18-,19+,20?,21?,22?,23?,24-,25-/m0/s1. The minimum atomic E-state index is -1.47. The summed E-state index contributed by atoms with van der Waals surface area (Å²) in [6, 6.07) is 0. The molecule has 29 heavy (non-hydrogen) atoms. The molecular formula is C25H48O2Si2. The van der Waals surface area contributed by atoms with Crippen LogP contribution in [-0.4, -0.2) is 28.8 Å². The zero-order chi connectivity index (χ0) is 21.2. The van der Waals surface area contributed by atoms with E-state index >= 15 is 0 Å². The molecule has 4 aliphatic carbocycles. The maximum atomic E-state index is 6.77. The van der Waals surface area contributed by atoms with E-state index in [0.29, 0.717) is 23.0 Å². The highest BCUT2D eigenvalue weighted by Crippen LogP contribution is 2.66. The van der Waals surface area contributed by atoms with Crippen molar-refractivity contribution in [3.8, 4) is 0 Å². The van der Waals surface area contributed by atoms with Gasteiger partial charge in [0.05, 0.1) is 6.10 Å². The van der Waals surface area contributed by atoms with Gasteiger partial charge in [0.2, 0.25) is 0 Å². The van der Waals surface area contributed by atoms with Gasteiger partial charge in [0, 0.05) is 6.10 Å². The van der Waals surface area contributed by atoms with Crippen molar-refractivity contribution in [2.75, 3.05) is 0 Å². The van der Waals surface area contributed by atoms with Crippen molar-refractivity contribution < 1.29 is 8.85 Å². The Hall–Kier alpha value is 0.354. The predicted molar refractivity (Wildman–Crippen MR) is 128 cm³/mol. The smallest absolute Gasteiger partial charge is 0.184 e. The van der Waals surface area contributed by atoms with Crippen LogP contribution < -0.4 is 0 Å². The van der Waals surface area contributed by atoms with Crippen LogP contribution in [0.25, 0.3) is 0 Å². The van der Waals surface area contributed by atoms with Gasteiger partial charge in [0.25, 0.3) is 0 Å². The van der Waals surface area contributed by atoms with E-state index in [1.807, 2.05) is 0 Å². The molecule has 4 fully saturated rings. The maximum absolute atomic E-state index is 6.77. The van der Waals surface area contributed by atoms with Crippen LogP contribution in [0.1, 0.15) is 71.6 Å². The minimum Gasteiger partial charge on any atom is -0.415 e. The Bertz CT molecular complexity index is 609. The summed E-state index contributed by atoms with van der Waals surface area (Å²) in [5.41, 5.74) is 1.02. The molecule has 0 amide bonds. The molecule has 0 spiro atoms. The summed E-state index contributed by atoms with van der Waals surface area (Å²) < 4.78 is 13.3. The summed E-state index contributed by atoms with van der Waals surface area (Å²) in [7, 11) is -2.90. The van der Waals surface area contributed by atoms with Gasteiger partial charge in [0.15, 0.2) is 16.6 Å². The molecule has 0 saturated heterocycles. The molecule has 4 heteroatoms. The van der Waals surface area contributed by atoms with E-state index in [4.69, 9.17) is 8.85 Å². The summed E-state index contributed by atoms with van der Waals surface area (Å²) in [4.78, 5) is 0. The fourth-order valence-corrected chi connectivity index (χ4v) is 10.9. The number of rotatable bonds is 4. The Morgan fingerprint density at radius 2 is 1.28 bits per heavy atom. The second kappa shape index (κ2) is 7.45. The van der Waals surface area contributed by atoms with E-state index in [-0.39, 0.29) is 0 Å². The van der Waals surface area contributed by atoms with Crippen molar-refractivity contribution in [3.05, 3.63) is 0 Å². The molecule has 2 nitrogen and oxygen atoms in total. The van der Waals surface area contributed by atoms with E-state index in [1.54, 1.807) is 0 Å². The maximum Gasteiger partial charge on any atom is 0.184 e. The fraction of sp³-hybridized carbons (Fsp3) is 1.00. The van der Waals surface area contributed by atoms with Crippen molar-refractivity contribution in [3.63, 3.8) is 0 Å². The fourth-order valence-electron chi connectivity index (χ4n) is 8.40. The van der Waals surface area contributed by atoms with E-state index in [1.165, 1.54) is 57.8 Å². The second-order valence-corrected chi connectivity index (χ2v) is 22.5. The predicted octanol–water partition coefficient (Wildman–Crippen LogP) is 7.47. The average molecular weight is 437 g/mol. The summed E-state index contributed by atoms with van der Waals surface area (Å²) >= 11 is 0. The number of hydrogen-bond donors (Lipinski definition) is 0. The average Bonchev–Trinajstić information content (AvgIpc) is 2.89. The van der Waals surface area contributed by atoms with Gasteiger partial charge in [0.1, 0.15) is 0 Å². The summed E-state index contributed by atoms with van der Waals surface area (Å²) in [6.07, 6.45) is 13.7. The van der Waals surface area contributed by atoms with Crippen LogP contribution in [0.15, 0.2) is 0 Å². The van der Waals surface area contributed by atoms with Crippen molar-refractivity contribution >= 4 is 16.6 Å². The van der Waals surface area contributed by atoms with Crippen LogP contribution in [0, 0.1) is 34.5 Å². The van der Waals surface area contributed by atoms with E-state index in [2.05, 4.69) is 53.1 Å². The lowest BCUT2D eigenvalue weighted by Crippen LogP contribution is -2.55. The summed E-state index contributed by atoms with van der Waals surface area (Å²) in [6.45, 7) is 19.5. The van der Waals surface area contributed by atoms with Crippen LogP contribution in [0.5, 0.6) is 0 Å². The molecule has 0 radical (unpaired) electrons. The van der Waals surface area contributed by atoms with Gasteiger partial charge in [-0.3, -0.25) is 0 Å². The Labute approximate surface area is 183 Å². The van der Waals surface area contributed by atoms with E-state index in [0.717, 1.165) is 23.7 Å². The summed E-state index contributed by atoms with van der Waals surface area (Å²) in [5.74, 6) is 3.73. The van der Waals surface area contributed by atoms with Gasteiger partial charge < -0.3 is 8.85 Å². The summed E-state index contributed by atoms with van der Waals surface area (Å²) in [5, 5.41) is 0. The normalized spacial score (nSPS) is 48.0. The van der Waals surface area contributed by atoms with Gasteiger partial charge in [-0.05, 0) is 132 Å². The zero-order valence-corrected chi connectivity index (χ0v) is 22.6. The lowest BCUT2D eigenvalue weighted by atomic mass is 9.45.